The molecule has 0 fully saturated rings. The molecule has 142 valence electrons. The maximum absolute atomic E-state index is 12.4. The van der Waals surface area contributed by atoms with Crippen LogP contribution in [0.15, 0.2) is 59.3 Å². The Kier molecular flexibility index (Phi) is 5.66. The molecular weight excluding hydrogens is 368 g/mol. The molecule has 0 radical (unpaired) electrons. The van der Waals surface area contributed by atoms with Crippen LogP contribution in [0.1, 0.15) is 5.56 Å². The Morgan fingerprint density at radius 3 is 2.48 bits per heavy atom. The van der Waals surface area contributed by atoms with Crippen LogP contribution in [-0.4, -0.2) is 33.5 Å². The van der Waals surface area contributed by atoms with Gasteiger partial charge in [0, 0.05) is 0 Å². The van der Waals surface area contributed by atoms with Crippen LogP contribution in [-0.2, 0) is 16.4 Å². The first kappa shape index (κ1) is 18.8. The highest BCUT2D eigenvalue weighted by atomic mass is 32.2. The van der Waals surface area contributed by atoms with Crippen LogP contribution >= 0.6 is 0 Å². The number of anilines is 1. The van der Waals surface area contributed by atoms with Crippen molar-refractivity contribution in [2.45, 2.75) is 6.42 Å². The largest absolute Gasteiger partial charge is 0.493 e. The zero-order valence-corrected chi connectivity index (χ0v) is 15.8. The van der Waals surface area contributed by atoms with E-state index in [0.717, 1.165) is 5.56 Å². The van der Waals surface area contributed by atoms with Gasteiger partial charge in [-0.1, -0.05) is 41.6 Å². The van der Waals surface area contributed by atoms with E-state index in [1.54, 1.807) is 25.3 Å². The second-order valence-corrected chi connectivity index (χ2v) is 7.64. The number of rotatable bonds is 8. The van der Waals surface area contributed by atoms with Gasteiger partial charge in [0.15, 0.2) is 11.5 Å². The SMILES string of the molecule is COc1ccc(-c2cnoc2NS(=O)(=O)CCc2ccccc2)cc1OC. The Bertz CT molecular complexity index is 1000. The van der Waals surface area contributed by atoms with Gasteiger partial charge in [0.2, 0.25) is 15.9 Å². The lowest BCUT2D eigenvalue weighted by Gasteiger charge is -2.10. The lowest BCUT2D eigenvalue weighted by atomic mass is 10.1. The number of methoxy groups -OCH3 is 2. The highest BCUT2D eigenvalue weighted by Crippen LogP contribution is 2.35. The summed E-state index contributed by atoms with van der Waals surface area (Å²) < 4.78 is 43.0. The normalized spacial score (nSPS) is 11.2. The van der Waals surface area contributed by atoms with Crippen molar-refractivity contribution in [3.63, 3.8) is 0 Å². The van der Waals surface area contributed by atoms with Crippen molar-refractivity contribution in [2.75, 3.05) is 24.7 Å². The Labute approximate surface area is 158 Å². The number of aryl methyl sites for hydroxylation is 1. The molecule has 0 saturated heterocycles. The van der Waals surface area contributed by atoms with Crippen molar-refractivity contribution in [2.24, 2.45) is 0 Å². The summed E-state index contributed by atoms with van der Waals surface area (Å²) in [7, 11) is -0.526. The maximum Gasteiger partial charge on any atom is 0.245 e. The van der Waals surface area contributed by atoms with Crippen LogP contribution in [0, 0.1) is 0 Å². The van der Waals surface area contributed by atoms with Gasteiger partial charge < -0.3 is 14.0 Å². The van der Waals surface area contributed by atoms with Crippen LogP contribution in [0.4, 0.5) is 5.88 Å². The molecule has 0 unspecified atom stereocenters. The lowest BCUT2D eigenvalue weighted by molar-refractivity contribution is 0.355. The number of nitrogens with one attached hydrogen (secondary N) is 1. The van der Waals surface area contributed by atoms with Crippen molar-refractivity contribution in [3.8, 4) is 22.6 Å². The number of aromatic nitrogens is 1. The number of hydrogen-bond acceptors (Lipinski definition) is 6. The molecule has 3 aromatic rings. The van der Waals surface area contributed by atoms with Crippen molar-refractivity contribution in [1.82, 2.24) is 5.16 Å². The van der Waals surface area contributed by atoms with Gasteiger partial charge >= 0.3 is 0 Å². The number of nitrogens with zero attached hydrogens (tertiary/aromatic N) is 1. The van der Waals surface area contributed by atoms with Gasteiger partial charge in [-0.2, -0.15) is 0 Å². The molecule has 1 N–H and O–H groups in total. The van der Waals surface area contributed by atoms with Crippen molar-refractivity contribution >= 4 is 15.9 Å². The van der Waals surface area contributed by atoms with Gasteiger partial charge in [-0.15, -0.1) is 0 Å². The summed E-state index contributed by atoms with van der Waals surface area (Å²) in [5, 5.41) is 3.73. The summed E-state index contributed by atoms with van der Waals surface area (Å²) in [6.07, 6.45) is 1.85. The molecule has 0 atom stereocenters. The average Bonchev–Trinajstić information content (AvgIpc) is 3.14. The summed E-state index contributed by atoms with van der Waals surface area (Å²) in [5.41, 5.74) is 2.15. The highest BCUT2D eigenvalue weighted by Gasteiger charge is 2.19. The van der Waals surface area contributed by atoms with Crippen LogP contribution in [0.3, 0.4) is 0 Å². The third-order valence-electron chi connectivity index (χ3n) is 4.02. The number of ether oxygens (including phenoxy) is 2. The van der Waals surface area contributed by atoms with E-state index in [-0.39, 0.29) is 11.6 Å². The number of sulfonamides is 1. The second-order valence-electron chi connectivity index (χ2n) is 5.79. The fraction of sp³-hybridized carbons (Fsp3) is 0.211. The number of benzene rings is 2. The van der Waals surface area contributed by atoms with Crippen molar-refractivity contribution < 1.29 is 22.4 Å². The monoisotopic (exact) mass is 388 g/mol. The average molecular weight is 388 g/mol. The summed E-state index contributed by atoms with van der Waals surface area (Å²) in [6, 6.07) is 14.7. The van der Waals surface area contributed by atoms with E-state index >= 15 is 0 Å². The van der Waals surface area contributed by atoms with Crippen LogP contribution in [0.5, 0.6) is 11.5 Å². The summed E-state index contributed by atoms with van der Waals surface area (Å²) in [6.45, 7) is 0. The van der Waals surface area contributed by atoms with E-state index in [1.807, 2.05) is 30.3 Å². The molecule has 3 rings (SSSR count). The third kappa shape index (κ3) is 4.59. The quantitative estimate of drug-likeness (QED) is 0.636. The molecule has 0 bridgehead atoms. The van der Waals surface area contributed by atoms with E-state index in [4.69, 9.17) is 14.0 Å². The first-order valence-electron chi connectivity index (χ1n) is 8.24. The number of hydrogen-bond donors (Lipinski definition) is 1. The lowest BCUT2D eigenvalue weighted by Crippen LogP contribution is -2.18. The van der Waals surface area contributed by atoms with Crippen molar-refractivity contribution in [3.05, 3.63) is 60.3 Å². The minimum atomic E-state index is -3.60. The van der Waals surface area contributed by atoms with E-state index < -0.39 is 10.0 Å². The Morgan fingerprint density at radius 2 is 1.78 bits per heavy atom. The Morgan fingerprint density at radius 1 is 1.04 bits per heavy atom. The summed E-state index contributed by atoms with van der Waals surface area (Å²) >= 11 is 0. The molecule has 27 heavy (non-hydrogen) atoms. The molecule has 0 saturated carbocycles. The van der Waals surface area contributed by atoms with E-state index in [1.165, 1.54) is 13.3 Å². The van der Waals surface area contributed by atoms with Gasteiger partial charge in [-0.05, 0) is 29.7 Å². The standard InChI is InChI=1S/C19H20N2O5S/c1-24-17-9-8-15(12-18(17)25-2)16-13-20-26-19(16)21-27(22,23)11-10-14-6-4-3-5-7-14/h3-9,12-13,21H,10-11H2,1-2H3. The maximum atomic E-state index is 12.4. The fourth-order valence-electron chi connectivity index (χ4n) is 2.61. The molecule has 0 amide bonds. The Balaban J connectivity index is 1.78. The summed E-state index contributed by atoms with van der Waals surface area (Å²) in [4.78, 5) is 0. The first-order valence-corrected chi connectivity index (χ1v) is 9.89. The van der Waals surface area contributed by atoms with E-state index in [2.05, 4.69) is 9.88 Å². The van der Waals surface area contributed by atoms with Gasteiger partial charge in [-0.3, -0.25) is 4.72 Å². The first-order chi connectivity index (χ1) is 13.0. The van der Waals surface area contributed by atoms with Crippen LogP contribution < -0.4 is 14.2 Å². The van der Waals surface area contributed by atoms with E-state index in [9.17, 15) is 8.42 Å². The topological polar surface area (TPSA) is 90.7 Å². The van der Waals surface area contributed by atoms with Gasteiger partial charge in [0.1, 0.15) is 0 Å². The summed E-state index contributed by atoms with van der Waals surface area (Å²) in [5.74, 6) is 1.09. The van der Waals surface area contributed by atoms with Gasteiger partial charge in [0.05, 0.1) is 31.7 Å². The molecule has 8 heteroatoms. The zero-order chi connectivity index (χ0) is 19.3. The molecule has 0 aliphatic carbocycles. The van der Waals surface area contributed by atoms with Gasteiger partial charge in [0.25, 0.3) is 0 Å². The van der Waals surface area contributed by atoms with Crippen molar-refractivity contribution in [1.29, 1.82) is 0 Å². The molecule has 0 spiro atoms. The molecule has 7 nitrogen and oxygen atoms in total. The minimum Gasteiger partial charge on any atom is -0.493 e. The third-order valence-corrected chi connectivity index (χ3v) is 5.25. The molecule has 0 aliphatic rings. The molecule has 1 heterocycles. The predicted octanol–water partition coefficient (Wildman–Crippen LogP) is 3.34. The highest BCUT2D eigenvalue weighted by molar-refractivity contribution is 7.92. The smallest absolute Gasteiger partial charge is 0.245 e. The Hall–Kier alpha value is -3.00. The predicted molar refractivity (Wildman–Crippen MR) is 103 cm³/mol. The fourth-order valence-corrected chi connectivity index (χ4v) is 3.65. The van der Waals surface area contributed by atoms with Gasteiger partial charge in [-0.25, -0.2) is 8.42 Å². The molecule has 0 aliphatic heterocycles. The van der Waals surface area contributed by atoms with Crippen LogP contribution in [0.2, 0.25) is 0 Å². The van der Waals surface area contributed by atoms with E-state index in [0.29, 0.717) is 29.0 Å². The van der Waals surface area contributed by atoms with Crippen LogP contribution in [0.25, 0.3) is 11.1 Å². The minimum absolute atomic E-state index is 0.0651. The molecular formula is C19H20N2O5S. The second kappa shape index (κ2) is 8.13. The molecule has 2 aromatic carbocycles. The molecule has 1 aromatic heterocycles. The zero-order valence-electron chi connectivity index (χ0n) is 15.0.